The van der Waals surface area contributed by atoms with Gasteiger partial charge in [-0.05, 0) is 33.5 Å². The first kappa shape index (κ1) is 14.3. The number of likely N-dealkylation sites (tertiary alicyclic amines) is 1. The Labute approximate surface area is 103 Å². The molecule has 2 nitrogen and oxygen atoms in total. The minimum absolute atomic E-state index is 0.0159. The maximum Gasteiger partial charge on any atom is 0.402 e. The van der Waals surface area contributed by atoms with Crippen LogP contribution in [0, 0.1) is 0 Å². The first-order chi connectivity index (χ1) is 7.30. The molecule has 0 aromatic rings. The van der Waals surface area contributed by atoms with Crippen LogP contribution in [0.15, 0.2) is 0 Å². The van der Waals surface area contributed by atoms with E-state index in [9.17, 15) is 13.2 Å². The number of rotatable bonds is 3. The molecule has 2 atom stereocenters. The molecule has 1 heterocycles. The predicted octanol–water partition coefficient (Wildman–Crippen LogP) is 2.34. The minimum Gasteiger partial charge on any atom is -0.305 e. The Morgan fingerprint density at radius 2 is 2.12 bits per heavy atom. The van der Waals surface area contributed by atoms with Gasteiger partial charge >= 0.3 is 6.18 Å². The number of hydrogen-bond acceptors (Lipinski definition) is 2. The number of halogens is 4. The van der Waals surface area contributed by atoms with E-state index in [1.165, 1.54) is 0 Å². The van der Waals surface area contributed by atoms with Crippen molar-refractivity contribution in [1.82, 2.24) is 9.80 Å². The molecule has 1 saturated heterocycles. The fourth-order valence-electron chi connectivity index (χ4n) is 2.00. The van der Waals surface area contributed by atoms with Gasteiger partial charge < -0.3 is 9.80 Å². The molecular formula is C10H18BrF3N2. The quantitative estimate of drug-likeness (QED) is 0.739. The molecule has 0 radical (unpaired) electrons. The van der Waals surface area contributed by atoms with Crippen LogP contribution in [0.4, 0.5) is 13.2 Å². The Morgan fingerprint density at radius 3 is 2.62 bits per heavy atom. The lowest BCUT2D eigenvalue weighted by atomic mass is 10.0. The summed E-state index contributed by atoms with van der Waals surface area (Å²) in [5.41, 5.74) is 0. The second kappa shape index (κ2) is 5.69. The van der Waals surface area contributed by atoms with E-state index in [4.69, 9.17) is 0 Å². The molecule has 0 bridgehead atoms. The number of likely N-dealkylation sites (N-methyl/N-ethyl adjacent to an activating group) is 2. The van der Waals surface area contributed by atoms with Gasteiger partial charge in [0.15, 0.2) is 0 Å². The van der Waals surface area contributed by atoms with Crippen LogP contribution in [-0.4, -0.2) is 60.6 Å². The van der Waals surface area contributed by atoms with Crippen molar-refractivity contribution in [2.75, 3.05) is 33.7 Å². The van der Waals surface area contributed by atoms with Crippen LogP contribution >= 0.6 is 15.9 Å². The highest BCUT2D eigenvalue weighted by molar-refractivity contribution is 9.09. The Balaban J connectivity index is 2.42. The van der Waals surface area contributed by atoms with Gasteiger partial charge in [0, 0.05) is 19.1 Å². The Bertz CT molecular complexity index is 223. The zero-order valence-corrected chi connectivity index (χ0v) is 11.2. The number of hydrogen-bond donors (Lipinski definition) is 0. The summed E-state index contributed by atoms with van der Waals surface area (Å²) >= 11 is 2.70. The lowest BCUT2D eigenvalue weighted by Gasteiger charge is -2.36. The van der Waals surface area contributed by atoms with Gasteiger partial charge in [0.05, 0.1) is 0 Å². The van der Waals surface area contributed by atoms with E-state index in [-0.39, 0.29) is 12.6 Å². The van der Waals surface area contributed by atoms with E-state index in [2.05, 4.69) is 20.8 Å². The van der Waals surface area contributed by atoms with Crippen LogP contribution in [0.25, 0.3) is 0 Å². The van der Waals surface area contributed by atoms with E-state index in [0.29, 0.717) is 0 Å². The van der Waals surface area contributed by atoms with Crippen molar-refractivity contribution in [3.63, 3.8) is 0 Å². The normalized spacial score (nSPS) is 26.1. The summed E-state index contributed by atoms with van der Waals surface area (Å²) < 4.78 is 37.1. The second-order valence-corrected chi connectivity index (χ2v) is 5.61. The minimum atomic E-state index is -4.16. The molecule has 0 aromatic carbocycles. The molecule has 0 N–H and O–H groups in total. The summed E-state index contributed by atoms with van der Waals surface area (Å²) in [4.78, 5) is 2.54. The molecule has 0 aliphatic carbocycles. The van der Waals surface area contributed by atoms with Gasteiger partial charge in [0.1, 0.15) is 4.83 Å². The van der Waals surface area contributed by atoms with Crippen molar-refractivity contribution in [3.05, 3.63) is 0 Å². The average Bonchev–Trinajstić information content (AvgIpc) is 2.16. The van der Waals surface area contributed by atoms with Crippen LogP contribution in [0.5, 0.6) is 0 Å². The molecule has 1 aliphatic heterocycles. The van der Waals surface area contributed by atoms with Crippen molar-refractivity contribution < 1.29 is 13.2 Å². The van der Waals surface area contributed by atoms with Crippen molar-refractivity contribution >= 4 is 15.9 Å². The van der Waals surface area contributed by atoms with Gasteiger partial charge in [-0.15, -0.1) is 0 Å². The van der Waals surface area contributed by atoms with E-state index < -0.39 is 11.0 Å². The van der Waals surface area contributed by atoms with Gasteiger partial charge in [0.25, 0.3) is 0 Å². The van der Waals surface area contributed by atoms with Crippen LogP contribution < -0.4 is 0 Å². The summed E-state index contributed by atoms with van der Waals surface area (Å²) in [6, 6.07) is 0.237. The molecule has 0 aromatic heterocycles. The first-order valence-electron chi connectivity index (χ1n) is 5.40. The van der Waals surface area contributed by atoms with Crippen molar-refractivity contribution in [1.29, 1.82) is 0 Å². The predicted molar refractivity (Wildman–Crippen MR) is 61.9 cm³/mol. The van der Waals surface area contributed by atoms with Crippen LogP contribution in [0.3, 0.4) is 0 Å². The summed E-state index contributed by atoms with van der Waals surface area (Å²) in [6.07, 6.45) is -2.11. The molecule has 2 unspecified atom stereocenters. The monoisotopic (exact) mass is 302 g/mol. The fourth-order valence-corrected chi connectivity index (χ4v) is 2.46. The summed E-state index contributed by atoms with van der Waals surface area (Å²) in [5.74, 6) is 0. The summed E-state index contributed by atoms with van der Waals surface area (Å²) in [7, 11) is 3.78. The number of nitrogens with zero attached hydrogens (tertiary/aromatic N) is 2. The molecule has 1 aliphatic rings. The molecule has 0 saturated carbocycles. The highest BCUT2D eigenvalue weighted by Crippen LogP contribution is 2.27. The van der Waals surface area contributed by atoms with E-state index in [1.54, 1.807) is 7.05 Å². The Hall–Kier alpha value is 0.190. The molecule has 6 heteroatoms. The second-order valence-electron chi connectivity index (χ2n) is 4.51. The fraction of sp³-hybridized carbons (Fsp3) is 1.00. The van der Waals surface area contributed by atoms with Crippen LogP contribution in [0.1, 0.15) is 12.8 Å². The molecule has 96 valence electrons. The van der Waals surface area contributed by atoms with E-state index in [0.717, 1.165) is 25.9 Å². The zero-order valence-electron chi connectivity index (χ0n) is 9.60. The lowest BCUT2D eigenvalue weighted by Crippen LogP contribution is -2.48. The maximum atomic E-state index is 12.4. The molecule has 1 fully saturated rings. The molecule has 16 heavy (non-hydrogen) atoms. The van der Waals surface area contributed by atoms with Gasteiger partial charge in [-0.1, -0.05) is 15.9 Å². The van der Waals surface area contributed by atoms with Gasteiger partial charge in [-0.25, -0.2) is 0 Å². The standard InChI is InChI=1S/C10H18BrF3N2/c1-15-5-3-4-8(6-15)16(2)7-9(11)10(12,13)14/h8-9H,3-7H2,1-2H3. The van der Waals surface area contributed by atoms with E-state index >= 15 is 0 Å². The van der Waals surface area contributed by atoms with Gasteiger partial charge in [-0.2, -0.15) is 13.2 Å². The lowest BCUT2D eigenvalue weighted by molar-refractivity contribution is -0.131. The Kier molecular flexibility index (Phi) is 5.07. The SMILES string of the molecule is CN1CCCC(N(C)CC(Br)C(F)(F)F)C1. The zero-order chi connectivity index (χ0) is 12.3. The topological polar surface area (TPSA) is 6.48 Å². The maximum absolute atomic E-state index is 12.4. The van der Waals surface area contributed by atoms with Gasteiger partial charge in [0.2, 0.25) is 0 Å². The molecule has 1 rings (SSSR count). The average molecular weight is 303 g/mol. The van der Waals surface area contributed by atoms with Crippen LogP contribution in [0.2, 0.25) is 0 Å². The third-order valence-electron chi connectivity index (χ3n) is 3.03. The molecular weight excluding hydrogens is 285 g/mol. The Morgan fingerprint density at radius 1 is 1.50 bits per heavy atom. The van der Waals surface area contributed by atoms with Crippen molar-refractivity contribution in [2.24, 2.45) is 0 Å². The largest absolute Gasteiger partial charge is 0.402 e. The van der Waals surface area contributed by atoms with Crippen molar-refractivity contribution in [2.45, 2.75) is 29.9 Å². The van der Waals surface area contributed by atoms with Gasteiger partial charge in [-0.3, -0.25) is 0 Å². The number of alkyl halides is 4. The third-order valence-corrected chi connectivity index (χ3v) is 3.84. The first-order valence-corrected chi connectivity index (χ1v) is 6.32. The highest BCUT2D eigenvalue weighted by Gasteiger charge is 2.39. The summed E-state index contributed by atoms with van der Waals surface area (Å²) in [6.45, 7) is 1.91. The molecule has 0 spiro atoms. The van der Waals surface area contributed by atoms with Crippen LogP contribution in [-0.2, 0) is 0 Å². The van der Waals surface area contributed by atoms with Crippen molar-refractivity contribution in [3.8, 4) is 0 Å². The third kappa shape index (κ3) is 4.22. The summed E-state index contributed by atoms with van der Waals surface area (Å²) in [5, 5.41) is 0. The van der Waals surface area contributed by atoms with E-state index in [1.807, 2.05) is 11.9 Å². The molecule has 0 amide bonds. The highest BCUT2D eigenvalue weighted by atomic mass is 79.9. The number of piperidine rings is 1. The smallest absolute Gasteiger partial charge is 0.305 e.